The summed E-state index contributed by atoms with van der Waals surface area (Å²) < 4.78 is 0. The molecule has 0 heterocycles. The summed E-state index contributed by atoms with van der Waals surface area (Å²) in [5.74, 6) is -1.38. The third kappa shape index (κ3) is 7.57. The fraction of sp³-hybridized carbons (Fsp3) is 0.0400. The third-order valence-electron chi connectivity index (χ3n) is 4.72. The molecule has 3 amide bonds. The zero-order valence-corrected chi connectivity index (χ0v) is 19.8. The molecular formula is C25H21N5O5S. The van der Waals surface area contributed by atoms with Crippen LogP contribution in [0.25, 0.3) is 6.08 Å². The fourth-order valence-corrected chi connectivity index (χ4v) is 3.13. The normalized spacial score (nSPS) is 10.4. The Kier molecular flexibility index (Phi) is 8.57. The molecule has 0 atom stereocenters. The SMILES string of the molecule is Cc1cccc(C(=O)Nc2ccc(C(=O)NNC(=S)NC(=O)/C=C/c3cccc([N+](=O)[O-])c3)cc2)c1. The van der Waals surface area contributed by atoms with Crippen molar-refractivity contribution in [2.45, 2.75) is 6.92 Å². The van der Waals surface area contributed by atoms with Crippen molar-refractivity contribution in [3.05, 3.63) is 111 Å². The van der Waals surface area contributed by atoms with Gasteiger partial charge in [-0.25, -0.2) is 0 Å². The van der Waals surface area contributed by atoms with Crippen LogP contribution in [-0.2, 0) is 4.79 Å². The molecule has 0 unspecified atom stereocenters. The maximum atomic E-state index is 12.3. The predicted octanol–water partition coefficient (Wildman–Crippen LogP) is 3.50. The highest BCUT2D eigenvalue weighted by Crippen LogP contribution is 2.14. The second-order valence-corrected chi connectivity index (χ2v) is 7.89. The number of hydrazine groups is 1. The van der Waals surface area contributed by atoms with Gasteiger partial charge in [-0.05, 0) is 67.2 Å². The Balaban J connectivity index is 1.46. The summed E-state index contributed by atoms with van der Waals surface area (Å²) in [6.45, 7) is 1.90. The van der Waals surface area contributed by atoms with E-state index in [9.17, 15) is 24.5 Å². The monoisotopic (exact) mass is 503 g/mol. The minimum absolute atomic E-state index is 0.0980. The van der Waals surface area contributed by atoms with Gasteiger partial charge in [-0.1, -0.05) is 29.8 Å². The largest absolute Gasteiger partial charge is 0.322 e. The number of non-ortho nitro benzene ring substituents is 1. The number of nitrogens with zero attached hydrogens (tertiary/aromatic N) is 1. The van der Waals surface area contributed by atoms with Crippen molar-refractivity contribution in [3.8, 4) is 0 Å². The topological polar surface area (TPSA) is 142 Å². The van der Waals surface area contributed by atoms with Crippen molar-refractivity contribution in [2.24, 2.45) is 0 Å². The van der Waals surface area contributed by atoms with Crippen molar-refractivity contribution in [2.75, 3.05) is 5.32 Å². The number of amides is 3. The third-order valence-corrected chi connectivity index (χ3v) is 4.92. The number of benzene rings is 3. The first-order chi connectivity index (χ1) is 17.2. The minimum Gasteiger partial charge on any atom is -0.322 e. The number of carbonyl (C=O) groups excluding carboxylic acids is 3. The van der Waals surface area contributed by atoms with Crippen LogP contribution in [0, 0.1) is 17.0 Å². The quantitative estimate of drug-likeness (QED) is 0.174. The number of nitro benzene ring substituents is 1. The van der Waals surface area contributed by atoms with Gasteiger partial charge in [0.25, 0.3) is 17.5 Å². The number of nitro groups is 1. The molecule has 3 aromatic carbocycles. The number of anilines is 1. The van der Waals surface area contributed by atoms with Gasteiger partial charge in [0.05, 0.1) is 4.92 Å². The van der Waals surface area contributed by atoms with Crippen molar-refractivity contribution < 1.29 is 19.3 Å². The highest BCUT2D eigenvalue weighted by atomic mass is 32.1. The Morgan fingerprint density at radius 3 is 2.31 bits per heavy atom. The Morgan fingerprint density at radius 2 is 1.61 bits per heavy atom. The lowest BCUT2D eigenvalue weighted by atomic mass is 10.1. The molecule has 0 aliphatic carbocycles. The molecule has 182 valence electrons. The van der Waals surface area contributed by atoms with Gasteiger partial charge in [0, 0.05) is 35.0 Å². The summed E-state index contributed by atoms with van der Waals surface area (Å²) in [5.41, 5.74) is 7.44. The number of carbonyl (C=O) groups is 3. The molecule has 3 rings (SSSR count). The van der Waals surface area contributed by atoms with Gasteiger partial charge in [-0.2, -0.15) is 0 Å². The van der Waals surface area contributed by atoms with Crippen LogP contribution in [0.5, 0.6) is 0 Å². The smallest absolute Gasteiger partial charge is 0.270 e. The molecule has 0 aliphatic heterocycles. The molecule has 0 fully saturated rings. The van der Waals surface area contributed by atoms with Crippen molar-refractivity contribution >= 4 is 52.5 Å². The van der Waals surface area contributed by atoms with Gasteiger partial charge in [-0.15, -0.1) is 0 Å². The average molecular weight is 504 g/mol. The maximum Gasteiger partial charge on any atom is 0.270 e. The number of nitrogens with one attached hydrogen (secondary N) is 4. The fourth-order valence-electron chi connectivity index (χ4n) is 2.98. The molecule has 10 nitrogen and oxygen atoms in total. The Labute approximate surface area is 211 Å². The van der Waals surface area contributed by atoms with Gasteiger partial charge >= 0.3 is 0 Å². The van der Waals surface area contributed by atoms with Crippen LogP contribution in [0.2, 0.25) is 0 Å². The van der Waals surface area contributed by atoms with Crippen LogP contribution in [-0.4, -0.2) is 27.8 Å². The van der Waals surface area contributed by atoms with Gasteiger partial charge in [0.15, 0.2) is 5.11 Å². The van der Waals surface area contributed by atoms with Gasteiger partial charge in [0.1, 0.15) is 0 Å². The zero-order chi connectivity index (χ0) is 26.1. The van der Waals surface area contributed by atoms with Crippen LogP contribution in [0.3, 0.4) is 0 Å². The first kappa shape index (κ1) is 25.7. The standard InChI is InChI=1S/C25H21N5O5S/c1-16-4-2-6-19(14-16)23(32)26-20-11-9-18(10-12-20)24(33)28-29-25(36)27-22(31)13-8-17-5-3-7-21(15-17)30(34)35/h2-15H,1H3,(H,26,32)(H,28,33)(H2,27,29,31,36)/b13-8+. The van der Waals surface area contributed by atoms with Gasteiger partial charge in [0.2, 0.25) is 5.91 Å². The second kappa shape index (κ2) is 12.0. The average Bonchev–Trinajstić information content (AvgIpc) is 2.86. The lowest BCUT2D eigenvalue weighted by Crippen LogP contribution is -2.48. The molecule has 0 saturated carbocycles. The lowest BCUT2D eigenvalue weighted by Gasteiger charge is -2.10. The van der Waals surface area contributed by atoms with Crippen LogP contribution in [0.15, 0.2) is 78.9 Å². The summed E-state index contributed by atoms with van der Waals surface area (Å²) in [6, 6.07) is 19.1. The van der Waals surface area contributed by atoms with Gasteiger partial charge < -0.3 is 5.32 Å². The molecule has 4 N–H and O–H groups in total. The number of hydrogen-bond donors (Lipinski definition) is 4. The molecule has 11 heteroatoms. The number of thiocarbonyl (C=S) groups is 1. The van der Waals surface area contributed by atoms with E-state index in [0.29, 0.717) is 16.8 Å². The Hall–Kier alpha value is -4.90. The van der Waals surface area contributed by atoms with Crippen LogP contribution in [0.4, 0.5) is 11.4 Å². The zero-order valence-electron chi connectivity index (χ0n) is 19.0. The molecule has 0 radical (unpaired) electrons. The van der Waals surface area contributed by atoms with Crippen LogP contribution < -0.4 is 21.5 Å². The van der Waals surface area contributed by atoms with Crippen molar-refractivity contribution in [1.82, 2.24) is 16.2 Å². The van der Waals surface area contributed by atoms with Crippen molar-refractivity contribution in [1.29, 1.82) is 0 Å². The molecule has 0 saturated heterocycles. The predicted molar refractivity (Wildman–Crippen MR) is 139 cm³/mol. The molecule has 0 aliphatic rings. The number of rotatable bonds is 6. The molecule has 0 spiro atoms. The molecular weight excluding hydrogens is 482 g/mol. The molecule has 0 aromatic heterocycles. The maximum absolute atomic E-state index is 12.3. The van der Waals surface area contributed by atoms with Gasteiger partial charge in [-0.3, -0.25) is 40.7 Å². The van der Waals surface area contributed by atoms with E-state index in [4.69, 9.17) is 12.2 Å². The van der Waals surface area contributed by atoms with E-state index in [2.05, 4.69) is 21.5 Å². The molecule has 36 heavy (non-hydrogen) atoms. The van der Waals surface area contributed by atoms with E-state index < -0.39 is 16.7 Å². The Bertz CT molecular complexity index is 1350. The summed E-state index contributed by atoms with van der Waals surface area (Å²) in [6.07, 6.45) is 2.54. The Morgan fingerprint density at radius 1 is 0.889 bits per heavy atom. The van der Waals surface area contributed by atoms with Crippen LogP contribution in [0.1, 0.15) is 31.8 Å². The number of hydrogen-bond acceptors (Lipinski definition) is 6. The van der Waals surface area contributed by atoms with E-state index in [1.54, 1.807) is 36.4 Å². The minimum atomic E-state index is -0.595. The summed E-state index contributed by atoms with van der Waals surface area (Å²) in [5, 5.41) is 15.8. The summed E-state index contributed by atoms with van der Waals surface area (Å²) in [4.78, 5) is 46.9. The summed E-state index contributed by atoms with van der Waals surface area (Å²) >= 11 is 4.98. The first-order valence-electron chi connectivity index (χ1n) is 10.5. The highest BCUT2D eigenvalue weighted by Gasteiger charge is 2.10. The van der Waals surface area contributed by atoms with Crippen molar-refractivity contribution in [3.63, 3.8) is 0 Å². The van der Waals surface area contributed by atoms with E-state index in [1.165, 1.54) is 36.4 Å². The molecule has 3 aromatic rings. The highest BCUT2D eigenvalue weighted by molar-refractivity contribution is 7.80. The second-order valence-electron chi connectivity index (χ2n) is 7.48. The number of aryl methyl sites for hydroxylation is 1. The first-order valence-corrected chi connectivity index (χ1v) is 10.9. The van der Waals surface area contributed by atoms with Crippen LogP contribution >= 0.6 is 12.2 Å². The van der Waals surface area contributed by atoms with E-state index in [-0.39, 0.29) is 22.3 Å². The van der Waals surface area contributed by atoms with E-state index >= 15 is 0 Å². The lowest BCUT2D eigenvalue weighted by molar-refractivity contribution is -0.384. The summed E-state index contributed by atoms with van der Waals surface area (Å²) in [7, 11) is 0. The van der Waals surface area contributed by atoms with E-state index in [1.807, 2.05) is 13.0 Å². The molecule has 0 bridgehead atoms. The van der Waals surface area contributed by atoms with E-state index in [0.717, 1.165) is 11.6 Å².